The lowest BCUT2D eigenvalue weighted by Gasteiger charge is -2.17. The summed E-state index contributed by atoms with van der Waals surface area (Å²) in [6, 6.07) is 4.12. The van der Waals surface area contributed by atoms with Crippen LogP contribution in [0.5, 0.6) is 11.5 Å². The molecule has 0 bridgehead atoms. The maximum atomic E-state index is 12.2. The summed E-state index contributed by atoms with van der Waals surface area (Å²) in [5, 5.41) is 3.23. The van der Waals surface area contributed by atoms with E-state index in [1.807, 2.05) is 6.07 Å². The van der Waals surface area contributed by atoms with Gasteiger partial charge in [0.05, 0.1) is 25.7 Å². The molecule has 2 fully saturated rings. The van der Waals surface area contributed by atoms with Crippen LogP contribution in [0.4, 0.5) is 0 Å². The van der Waals surface area contributed by atoms with Crippen molar-refractivity contribution in [2.75, 3.05) is 14.2 Å². The van der Waals surface area contributed by atoms with Gasteiger partial charge >= 0.3 is 0 Å². The summed E-state index contributed by atoms with van der Waals surface area (Å²) in [5.74, 6) is 2.53. The molecule has 3 aliphatic carbocycles. The molecule has 0 radical (unpaired) electrons. The summed E-state index contributed by atoms with van der Waals surface area (Å²) in [6.45, 7) is 0. The second kappa shape index (κ2) is 3.90. The normalized spacial score (nSPS) is 32.1. The summed E-state index contributed by atoms with van der Waals surface area (Å²) >= 11 is 0. The van der Waals surface area contributed by atoms with E-state index < -0.39 is 0 Å². The van der Waals surface area contributed by atoms with Gasteiger partial charge in [-0.3, -0.25) is 4.79 Å². The molecule has 1 unspecified atom stereocenters. The predicted octanol–water partition coefficient (Wildman–Crippen LogP) is 2.22. The summed E-state index contributed by atoms with van der Waals surface area (Å²) in [6.07, 6.45) is 4.08. The van der Waals surface area contributed by atoms with E-state index in [4.69, 9.17) is 9.47 Å². The van der Waals surface area contributed by atoms with Crippen LogP contribution in [-0.4, -0.2) is 20.1 Å². The van der Waals surface area contributed by atoms with Crippen LogP contribution in [0, 0.1) is 11.3 Å². The van der Waals surface area contributed by atoms with E-state index in [0.29, 0.717) is 5.92 Å². The van der Waals surface area contributed by atoms with Crippen molar-refractivity contribution < 1.29 is 14.3 Å². The van der Waals surface area contributed by atoms with Crippen molar-refractivity contribution in [2.24, 2.45) is 11.3 Å². The Labute approximate surface area is 118 Å². The van der Waals surface area contributed by atoms with E-state index in [1.165, 1.54) is 11.1 Å². The number of ether oxygens (including phenoxy) is 2. The number of carbonyl (C=O) groups excluding carboxylic acids is 1. The van der Waals surface area contributed by atoms with Crippen molar-refractivity contribution in [3.8, 4) is 11.5 Å². The first kappa shape index (κ1) is 12.1. The van der Waals surface area contributed by atoms with Gasteiger partial charge in [0.2, 0.25) is 5.91 Å². The fourth-order valence-corrected chi connectivity index (χ4v) is 3.56. The third kappa shape index (κ3) is 1.51. The van der Waals surface area contributed by atoms with Gasteiger partial charge in [-0.25, -0.2) is 0 Å². The lowest BCUT2D eigenvalue weighted by Crippen LogP contribution is -2.30. The van der Waals surface area contributed by atoms with Gasteiger partial charge in [0.1, 0.15) is 0 Å². The number of hydrogen-bond acceptors (Lipinski definition) is 3. The average molecular weight is 273 g/mol. The largest absolute Gasteiger partial charge is 0.493 e. The van der Waals surface area contributed by atoms with Crippen molar-refractivity contribution in [3.63, 3.8) is 0 Å². The van der Waals surface area contributed by atoms with Crippen LogP contribution in [0.2, 0.25) is 0 Å². The molecule has 2 saturated carbocycles. The molecule has 0 aromatic heterocycles. The Morgan fingerprint density at radius 2 is 2.05 bits per heavy atom. The fraction of sp³-hybridized carbons (Fsp3) is 0.562. The maximum absolute atomic E-state index is 12.2. The zero-order valence-electron chi connectivity index (χ0n) is 11.9. The highest BCUT2D eigenvalue weighted by molar-refractivity contribution is 5.90. The van der Waals surface area contributed by atoms with Crippen molar-refractivity contribution in [1.82, 2.24) is 5.32 Å². The van der Waals surface area contributed by atoms with Crippen LogP contribution in [0.3, 0.4) is 0 Å². The number of benzene rings is 1. The molecule has 1 N–H and O–H groups in total. The monoisotopic (exact) mass is 273 g/mol. The van der Waals surface area contributed by atoms with Gasteiger partial charge in [-0.1, -0.05) is 6.07 Å². The number of methoxy groups -OCH3 is 2. The van der Waals surface area contributed by atoms with Crippen LogP contribution in [-0.2, 0) is 11.2 Å². The second-order valence-electron chi connectivity index (χ2n) is 6.19. The molecule has 1 amide bonds. The molecule has 0 heterocycles. The Bertz CT molecular complexity index is 590. The smallest absolute Gasteiger partial charge is 0.227 e. The van der Waals surface area contributed by atoms with Gasteiger partial charge in [-0.15, -0.1) is 0 Å². The SMILES string of the molecule is COc1ccc2c(c1OC)CCC2NC(=O)C12CC1C2. The minimum Gasteiger partial charge on any atom is -0.493 e. The summed E-state index contributed by atoms with van der Waals surface area (Å²) in [7, 11) is 3.32. The molecule has 1 atom stereocenters. The van der Waals surface area contributed by atoms with Crippen LogP contribution in [0.15, 0.2) is 12.1 Å². The molecule has 4 rings (SSSR count). The first-order valence-electron chi connectivity index (χ1n) is 7.24. The molecule has 0 saturated heterocycles. The zero-order valence-corrected chi connectivity index (χ0v) is 11.9. The van der Waals surface area contributed by atoms with Gasteiger partial charge in [0.15, 0.2) is 11.5 Å². The van der Waals surface area contributed by atoms with Crippen molar-refractivity contribution in [3.05, 3.63) is 23.3 Å². The third-order valence-electron chi connectivity index (χ3n) is 5.18. The highest BCUT2D eigenvalue weighted by atomic mass is 16.5. The van der Waals surface area contributed by atoms with Crippen LogP contribution < -0.4 is 14.8 Å². The van der Waals surface area contributed by atoms with Crippen LogP contribution in [0.1, 0.15) is 36.4 Å². The molecule has 3 aliphatic rings. The average Bonchev–Trinajstić information content (AvgIpc) is 3.28. The summed E-state index contributed by atoms with van der Waals surface area (Å²) in [5.41, 5.74) is 2.40. The Kier molecular flexibility index (Phi) is 2.35. The molecular formula is C16H19NO3. The first-order chi connectivity index (χ1) is 9.69. The highest BCUT2D eigenvalue weighted by Crippen LogP contribution is 2.75. The molecule has 0 spiro atoms. The molecular weight excluding hydrogens is 254 g/mol. The van der Waals surface area contributed by atoms with E-state index in [1.54, 1.807) is 14.2 Å². The third-order valence-corrected chi connectivity index (χ3v) is 5.18. The Hall–Kier alpha value is -1.71. The van der Waals surface area contributed by atoms with Gasteiger partial charge in [0.25, 0.3) is 0 Å². The molecule has 1 aromatic carbocycles. The van der Waals surface area contributed by atoms with E-state index in [9.17, 15) is 4.79 Å². The van der Waals surface area contributed by atoms with E-state index in [2.05, 4.69) is 11.4 Å². The second-order valence-corrected chi connectivity index (χ2v) is 6.19. The highest BCUT2D eigenvalue weighted by Gasteiger charge is 2.74. The molecule has 20 heavy (non-hydrogen) atoms. The van der Waals surface area contributed by atoms with Crippen LogP contribution in [0.25, 0.3) is 0 Å². The topological polar surface area (TPSA) is 47.6 Å². The van der Waals surface area contributed by atoms with E-state index in [0.717, 1.165) is 37.2 Å². The standard InChI is InChI=1S/C16H19NO3/c1-19-13-6-4-10-11(14(13)20-2)3-5-12(10)17-15(18)16-7-9(16)8-16/h4,6,9,12H,3,5,7-8H2,1-2H3,(H,17,18). The molecule has 4 heteroatoms. The van der Waals surface area contributed by atoms with E-state index in [-0.39, 0.29) is 17.4 Å². The number of hydrogen-bond donors (Lipinski definition) is 1. The van der Waals surface area contributed by atoms with Gasteiger partial charge in [-0.2, -0.15) is 0 Å². The molecule has 106 valence electrons. The summed E-state index contributed by atoms with van der Waals surface area (Å²) in [4.78, 5) is 12.2. The number of nitrogens with one attached hydrogen (secondary N) is 1. The van der Waals surface area contributed by atoms with Crippen molar-refractivity contribution in [1.29, 1.82) is 0 Å². The van der Waals surface area contributed by atoms with Gasteiger partial charge in [0, 0.05) is 5.56 Å². The van der Waals surface area contributed by atoms with E-state index >= 15 is 0 Å². The quantitative estimate of drug-likeness (QED) is 0.915. The number of carbonyl (C=O) groups is 1. The Morgan fingerprint density at radius 3 is 2.65 bits per heavy atom. The number of amides is 1. The molecule has 1 aromatic rings. The molecule has 4 nitrogen and oxygen atoms in total. The van der Waals surface area contributed by atoms with Crippen molar-refractivity contribution >= 4 is 5.91 Å². The minimum absolute atomic E-state index is 0.0410. The zero-order chi connectivity index (χ0) is 13.9. The summed E-state index contributed by atoms with van der Waals surface area (Å²) < 4.78 is 10.8. The number of fused-ring (bicyclic) bond motifs is 2. The van der Waals surface area contributed by atoms with Crippen LogP contribution >= 0.6 is 0 Å². The first-order valence-corrected chi connectivity index (χ1v) is 7.24. The fourth-order valence-electron chi connectivity index (χ4n) is 3.56. The van der Waals surface area contributed by atoms with Crippen molar-refractivity contribution in [2.45, 2.75) is 31.7 Å². The Morgan fingerprint density at radius 1 is 1.30 bits per heavy atom. The van der Waals surface area contributed by atoms with Gasteiger partial charge in [-0.05, 0) is 43.2 Å². The lowest BCUT2D eigenvalue weighted by molar-refractivity contribution is -0.125. The minimum atomic E-state index is 0.0410. The maximum Gasteiger partial charge on any atom is 0.227 e. The molecule has 0 aliphatic heterocycles. The van der Waals surface area contributed by atoms with Gasteiger partial charge < -0.3 is 14.8 Å². The number of rotatable bonds is 4. The Balaban J connectivity index is 1.60. The lowest BCUT2D eigenvalue weighted by atomic mass is 10.1. The predicted molar refractivity (Wildman–Crippen MR) is 73.9 cm³/mol.